The zero-order valence-electron chi connectivity index (χ0n) is 9.94. The summed E-state index contributed by atoms with van der Waals surface area (Å²) in [4.78, 5) is 10.8. The zero-order chi connectivity index (χ0) is 13.9. The van der Waals surface area contributed by atoms with Crippen molar-refractivity contribution < 1.29 is 18.3 Å². The summed E-state index contributed by atoms with van der Waals surface area (Å²) in [7, 11) is -3.68. The highest BCUT2D eigenvalue weighted by Crippen LogP contribution is 2.31. The quantitative estimate of drug-likeness (QED) is 0.821. The van der Waals surface area contributed by atoms with Gasteiger partial charge in [0, 0.05) is 6.04 Å². The second kappa shape index (κ2) is 6.14. The fraction of sp³-hybridized carbons (Fsp3) is 0.500. The van der Waals surface area contributed by atoms with Crippen LogP contribution >= 0.6 is 27.3 Å². The number of thiophene rings is 1. The summed E-state index contributed by atoms with van der Waals surface area (Å²) < 4.78 is 27.0. The van der Waals surface area contributed by atoms with Crippen LogP contribution in [0.1, 0.15) is 36.4 Å². The van der Waals surface area contributed by atoms with Gasteiger partial charge in [0.1, 0.15) is 9.77 Å². The molecule has 18 heavy (non-hydrogen) atoms. The van der Waals surface area contributed by atoms with Crippen LogP contribution < -0.4 is 4.72 Å². The van der Waals surface area contributed by atoms with Crippen molar-refractivity contribution in [3.63, 3.8) is 0 Å². The summed E-state index contributed by atoms with van der Waals surface area (Å²) in [5.41, 5.74) is 0. The number of halogens is 1. The Balaban J connectivity index is 3.09. The summed E-state index contributed by atoms with van der Waals surface area (Å²) in [6.45, 7) is 3.78. The molecule has 0 saturated heterocycles. The summed E-state index contributed by atoms with van der Waals surface area (Å²) in [5, 5.41) is 8.84. The van der Waals surface area contributed by atoms with Gasteiger partial charge < -0.3 is 5.11 Å². The lowest BCUT2D eigenvalue weighted by Gasteiger charge is -2.14. The van der Waals surface area contributed by atoms with E-state index in [0.29, 0.717) is 16.6 Å². The van der Waals surface area contributed by atoms with E-state index in [2.05, 4.69) is 20.7 Å². The van der Waals surface area contributed by atoms with Crippen molar-refractivity contribution in [2.45, 2.75) is 37.6 Å². The molecule has 0 radical (unpaired) electrons. The first-order valence-electron chi connectivity index (χ1n) is 5.36. The van der Waals surface area contributed by atoms with Gasteiger partial charge in [0.05, 0.1) is 3.79 Å². The molecule has 0 spiro atoms. The van der Waals surface area contributed by atoms with Crippen molar-refractivity contribution in [2.24, 2.45) is 0 Å². The minimum atomic E-state index is -3.68. The topological polar surface area (TPSA) is 83.5 Å². The molecule has 8 heteroatoms. The third-order valence-corrected chi connectivity index (χ3v) is 6.22. The van der Waals surface area contributed by atoms with E-state index in [-0.39, 0.29) is 15.8 Å². The van der Waals surface area contributed by atoms with E-state index in [4.69, 9.17) is 5.11 Å². The second-order valence-electron chi connectivity index (χ2n) is 3.69. The highest BCUT2D eigenvalue weighted by atomic mass is 79.9. The summed E-state index contributed by atoms with van der Waals surface area (Å²) >= 11 is 3.98. The maximum absolute atomic E-state index is 12.1. The molecule has 0 bridgehead atoms. The van der Waals surface area contributed by atoms with Crippen molar-refractivity contribution in [3.05, 3.63) is 14.7 Å². The lowest BCUT2D eigenvalue weighted by molar-refractivity contribution is 0.0702. The van der Waals surface area contributed by atoms with E-state index in [0.717, 1.165) is 11.3 Å². The van der Waals surface area contributed by atoms with Gasteiger partial charge in [0.15, 0.2) is 0 Å². The molecule has 0 amide bonds. The van der Waals surface area contributed by atoms with Crippen LogP contribution in [0, 0.1) is 0 Å². The number of carbonyl (C=O) groups is 1. The Kier molecular flexibility index (Phi) is 5.32. The van der Waals surface area contributed by atoms with Crippen LogP contribution in [-0.4, -0.2) is 25.5 Å². The maximum atomic E-state index is 12.1. The number of nitrogens with one attached hydrogen (secondary N) is 1. The fourth-order valence-corrected chi connectivity index (χ4v) is 5.18. The molecular weight excluding hydrogens is 342 g/mol. The minimum Gasteiger partial charge on any atom is -0.477 e. The second-order valence-corrected chi connectivity index (χ2v) is 7.74. The monoisotopic (exact) mass is 355 g/mol. The lowest BCUT2D eigenvalue weighted by Crippen LogP contribution is -2.33. The van der Waals surface area contributed by atoms with Gasteiger partial charge in [-0.15, -0.1) is 11.3 Å². The largest absolute Gasteiger partial charge is 0.477 e. The first-order valence-corrected chi connectivity index (χ1v) is 8.46. The van der Waals surface area contributed by atoms with Crippen molar-refractivity contribution in [1.29, 1.82) is 0 Å². The van der Waals surface area contributed by atoms with Gasteiger partial charge in [-0.25, -0.2) is 17.9 Å². The van der Waals surface area contributed by atoms with Crippen LogP contribution in [0.15, 0.2) is 14.7 Å². The molecule has 0 atom stereocenters. The molecular formula is C10H14BrNO4S2. The third kappa shape index (κ3) is 3.53. The molecule has 1 heterocycles. The van der Waals surface area contributed by atoms with Crippen molar-refractivity contribution in [2.75, 3.05) is 0 Å². The number of sulfonamides is 1. The Labute approximate surface area is 118 Å². The highest BCUT2D eigenvalue weighted by molar-refractivity contribution is 9.11. The normalized spacial score (nSPS) is 12.0. The van der Waals surface area contributed by atoms with Crippen LogP contribution in [0.2, 0.25) is 0 Å². The van der Waals surface area contributed by atoms with E-state index >= 15 is 0 Å². The Bertz CT molecular complexity index is 534. The number of hydrogen-bond donors (Lipinski definition) is 2. The van der Waals surface area contributed by atoms with Gasteiger partial charge >= 0.3 is 5.97 Å². The number of hydrogen-bond acceptors (Lipinski definition) is 4. The van der Waals surface area contributed by atoms with Crippen LogP contribution in [0.3, 0.4) is 0 Å². The summed E-state index contributed by atoms with van der Waals surface area (Å²) in [6, 6.07) is 1.03. The summed E-state index contributed by atoms with van der Waals surface area (Å²) in [6.07, 6.45) is 1.37. The van der Waals surface area contributed by atoms with Crippen molar-refractivity contribution in [1.82, 2.24) is 4.72 Å². The van der Waals surface area contributed by atoms with Crippen LogP contribution in [-0.2, 0) is 10.0 Å². The molecule has 2 N–H and O–H groups in total. The summed E-state index contributed by atoms with van der Waals surface area (Å²) in [5.74, 6) is -1.13. The van der Waals surface area contributed by atoms with Crippen molar-refractivity contribution >= 4 is 43.3 Å². The van der Waals surface area contributed by atoms with Gasteiger partial charge in [0.25, 0.3) is 0 Å². The molecule has 0 aliphatic rings. The lowest BCUT2D eigenvalue weighted by atomic mass is 10.2. The molecule has 0 aromatic carbocycles. The van der Waals surface area contributed by atoms with E-state index in [1.54, 1.807) is 0 Å². The minimum absolute atomic E-state index is 0.00760. The fourth-order valence-electron chi connectivity index (χ4n) is 1.38. The average molecular weight is 356 g/mol. The van der Waals surface area contributed by atoms with Gasteiger partial charge in [-0.3, -0.25) is 0 Å². The predicted octanol–water partition coefficient (Wildman–Crippen LogP) is 2.68. The van der Waals surface area contributed by atoms with Crippen LogP contribution in [0.4, 0.5) is 0 Å². The van der Waals surface area contributed by atoms with E-state index < -0.39 is 16.0 Å². The number of carboxylic acid groups (broad SMARTS) is 1. The van der Waals surface area contributed by atoms with Crippen LogP contribution in [0.25, 0.3) is 0 Å². The van der Waals surface area contributed by atoms with Crippen molar-refractivity contribution in [3.8, 4) is 0 Å². The first kappa shape index (κ1) is 15.6. The Hall–Kier alpha value is -0.440. The number of rotatable bonds is 6. The zero-order valence-corrected chi connectivity index (χ0v) is 13.2. The molecule has 5 nitrogen and oxygen atoms in total. The molecule has 0 unspecified atom stereocenters. The van der Waals surface area contributed by atoms with Gasteiger partial charge in [-0.05, 0) is 34.8 Å². The molecule has 0 aliphatic carbocycles. The predicted molar refractivity (Wildman–Crippen MR) is 73.7 cm³/mol. The molecule has 102 valence electrons. The third-order valence-electron chi connectivity index (χ3n) is 2.46. The Morgan fingerprint density at radius 2 is 2.06 bits per heavy atom. The Morgan fingerprint density at radius 3 is 2.44 bits per heavy atom. The first-order chi connectivity index (χ1) is 8.31. The average Bonchev–Trinajstić information content (AvgIpc) is 2.69. The molecule has 0 fully saturated rings. The molecule has 1 rings (SSSR count). The smallest absolute Gasteiger partial charge is 0.345 e. The maximum Gasteiger partial charge on any atom is 0.345 e. The van der Waals surface area contributed by atoms with E-state index in [1.807, 2.05) is 13.8 Å². The molecule has 1 aromatic rings. The van der Waals surface area contributed by atoms with Crippen LogP contribution in [0.5, 0.6) is 0 Å². The molecule has 0 saturated carbocycles. The SMILES string of the molecule is CCC(CC)NS(=O)(=O)c1cc(C(=O)O)sc1Br. The van der Waals surface area contributed by atoms with Gasteiger partial charge in [-0.1, -0.05) is 13.8 Å². The number of aromatic carboxylic acids is 1. The number of carboxylic acids is 1. The standard InChI is InChI=1S/C10H14BrNO4S2/c1-3-6(4-2)12-18(15,16)8-5-7(10(13)14)17-9(8)11/h5-6,12H,3-4H2,1-2H3,(H,13,14). The highest BCUT2D eigenvalue weighted by Gasteiger charge is 2.24. The van der Waals surface area contributed by atoms with Gasteiger partial charge in [0.2, 0.25) is 10.0 Å². The van der Waals surface area contributed by atoms with E-state index in [1.165, 1.54) is 6.07 Å². The van der Waals surface area contributed by atoms with E-state index in [9.17, 15) is 13.2 Å². The Morgan fingerprint density at radius 1 is 1.50 bits per heavy atom. The molecule has 0 aliphatic heterocycles. The molecule has 1 aromatic heterocycles. The van der Waals surface area contributed by atoms with Gasteiger partial charge in [-0.2, -0.15) is 0 Å².